The molecule has 5 nitrogen and oxygen atoms in total. The third-order valence-corrected chi connectivity index (χ3v) is 3.77. The Morgan fingerprint density at radius 2 is 2.16 bits per heavy atom. The molecule has 1 aliphatic rings. The Morgan fingerprint density at radius 1 is 1.16 bits per heavy atom. The first-order valence-electron chi connectivity index (χ1n) is 6.77. The molecular weight excluding hydrogens is 238 g/mol. The zero-order chi connectivity index (χ0) is 12.7. The molecule has 1 aliphatic heterocycles. The average molecular weight is 253 g/mol. The van der Waals surface area contributed by atoms with Crippen LogP contribution in [-0.4, -0.2) is 24.7 Å². The number of aryl methyl sites for hydroxylation is 1. The number of nitrogens with one attached hydrogen (secondary N) is 1. The molecule has 0 saturated heterocycles. The van der Waals surface area contributed by atoms with E-state index in [-0.39, 0.29) is 0 Å². The highest BCUT2D eigenvalue weighted by atomic mass is 15.3. The summed E-state index contributed by atoms with van der Waals surface area (Å²) >= 11 is 0. The fourth-order valence-corrected chi connectivity index (χ4v) is 2.76. The molecule has 0 spiro atoms. The molecule has 19 heavy (non-hydrogen) atoms. The van der Waals surface area contributed by atoms with Gasteiger partial charge >= 0.3 is 0 Å². The first kappa shape index (κ1) is 10.7. The molecule has 0 aliphatic carbocycles. The molecule has 3 aromatic heterocycles. The molecule has 0 amide bonds. The summed E-state index contributed by atoms with van der Waals surface area (Å²) in [5.74, 6) is 2.06. The number of pyridine rings is 1. The molecule has 0 unspecified atom stereocenters. The van der Waals surface area contributed by atoms with Gasteiger partial charge in [0.15, 0.2) is 5.82 Å². The van der Waals surface area contributed by atoms with Gasteiger partial charge in [0.1, 0.15) is 11.5 Å². The predicted molar refractivity (Wildman–Crippen MR) is 72.7 cm³/mol. The lowest BCUT2D eigenvalue weighted by Gasteiger charge is -2.06. The Morgan fingerprint density at radius 3 is 3.16 bits per heavy atom. The Bertz CT molecular complexity index is 724. The van der Waals surface area contributed by atoms with Crippen LogP contribution in [-0.2, 0) is 13.0 Å². The van der Waals surface area contributed by atoms with Crippen LogP contribution >= 0.6 is 0 Å². The summed E-state index contributed by atoms with van der Waals surface area (Å²) in [4.78, 5) is 7.54. The van der Waals surface area contributed by atoms with Gasteiger partial charge in [-0.15, -0.1) is 10.2 Å². The molecule has 0 aromatic carbocycles. The van der Waals surface area contributed by atoms with Gasteiger partial charge in [0, 0.05) is 36.3 Å². The minimum Gasteiger partial charge on any atom is -0.346 e. The molecule has 3 aromatic rings. The average Bonchev–Trinajstić information content (AvgIpc) is 2.99. The summed E-state index contributed by atoms with van der Waals surface area (Å²) in [7, 11) is 0. The molecule has 4 rings (SSSR count). The lowest BCUT2D eigenvalue weighted by atomic mass is 10.2. The van der Waals surface area contributed by atoms with Crippen molar-refractivity contribution in [2.24, 2.45) is 0 Å². The second kappa shape index (κ2) is 4.19. The molecule has 1 N–H and O–H groups in total. The number of aromatic amines is 1. The van der Waals surface area contributed by atoms with Crippen molar-refractivity contribution in [1.82, 2.24) is 24.7 Å². The molecule has 4 heterocycles. The van der Waals surface area contributed by atoms with E-state index in [2.05, 4.69) is 30.8 Å². The quantitative estimate of drug-likeness (QED) is 0.725. The van der Waals surface area contributed by atoms with E-state index in [1.54, 1.807) is 0 Å². The highest BCUT2D eigenvalue weighted by molar-refractivity contribution is 5.79. The van der Waals surface area contributed by atoms with Crippen molar-refractivity contribution in [3.05, 3.63) is 30.4 Å². The summed E-state index contributed by atoms with van der Waals surface area (Å²) in [5, 5.41) is 9.82. The Hall–Kier alpha value is -2.17. The normalized spacial score (nSPS) is 15.4. The van der Waals surface area contributed by atoms with Crippen LogP contribution in [0.25, 0.3) is 22.4 Å². The van der Waals surface area contributed by atoms with Crippen LogP contribution in [0.5, 0.6) is 0 Å². The Balaban J connectivity index is 1.85. The molecule has 0 radical (unpaired) electrons. The van der Waals surface area contributed by atoms with E-state index >= 15 is 0 Å². The number of aromatic nitrogens is 5. The monoisotopic (exact) mass is 253 g/mol. The lowest BCUT2D eigenvalue weighted by molar-refractivity contribution is 0.636. The van der Waals surface area contributed by atoms with Crippen molar-refractivity contribution in [3.63, 3.8) is 0 Å². The van der Waals surface area contributed by atoms with Crippen LogP contribution < -0.4 is 0 Å². The van der Waals surface area contributed by atoms with Gasteiger partial charge in [-0.1, -0.05) is 6.42 Å². The maximum absolute atomic E-state index is 4.43. The fraction of sp³-hybridized carbons (Fsp3) is 0.357. The van der Waals surface area contributed by atoms with Crippen LogP contribution in [0.2, 0.25) is 0 Å². The van der Waals surface area contributed by atoms with Gasteiger partial charge in [-0.3, -0.25) is 0 Å². The minimum absolute atomic E-state index is 0.916. The Labute approximate surface area is 110 Å². The number of fused-ring (bicyclic) bond motifs is 2. The number of rotatable bonds is 1. The third-order valence-electron chi connectivity index (χ3n) is 3.77. The van der Waals surface area contributed by atoms with E-state index in [9.17, 15) is 0 Å². The molecule has 0 saturated carbocycles. The Kier molecular flexibility index (Phi) is 2.36. The molecule has 96 valence electrons. The predicted octanol–water partition coefficient (Wildman–Crippen LogP) is 2.55. The van der Waals surface area contributed by atoms with E-state index < -0.39 is 0 Å². The number of hydrogen-bond acceptors (Lipinski definition) is 3. The summed E-state index contributed by atoms with van der Waals surface area (Å²) in [5.41, 5.74) is 1.96. The van der Waals surface area contributed by atoms with Gasteiger partial charge in [0.25, 0.3) is 0 Å². The number of nitrogens with zero attached hydrogens (tertiary/aromatic N) is 4. The summed E-state index contributed by atoms with van der Waals surface area (Å²) in [6.07, 6.45) is 8.52. The molecule has 5 heteroatoms. The van der Waals surface area contributed by atoms with Gasteiger partial charge in [-0.25, -0.2) is 4.98 Å². The van der Waals surface area contributed by atoms with E-state index in [0.29, 0.717) is 0 Å². The standard InChI is InChI=1S/C14H15N5/c1-2-4-12-17-18-14(19(12)7-3-1)11-8-10-5-6-15-13(10)16-9-11/h5-6,8-9H,1-4,7H2,(H,15,16). The zero-order valence-electron chi connectivity index (χ0n) is 10.6. The van der Waals surface area contributed by atoms with Crippen LogP contribution in [0, 0.1) is 0 Å². The van der Waals surface area contributed by atoms with Crippen LogP contribution in [0.3, 0.4) is 0 Å². The minimum atomic E-state index is 0.916. The van der Waals surface area contributed by atoms with Gasteiger partial charge in [-0.05, 0) is 25.0 Å². The zero-order valence-corrected chi connectivity index (χ0v) is 10.6. The molecular formula is C14H15N5. The first-order valence-corrected chi connectivity index (χ1v) is 6.77. The van der Waals surface area contributed by atoms with Crippen molar-refractivity contribution < 1.29 is 0 Å². The second-order valence-corrected chi connectivity index (χ2v) is 5.04. The summed E-state index contributed by atoms with van der Waals surface area (Å²) in [6.45, 7) is 1.02. The van der Waals surface area contributed by atoms with Crippen molar-refractivity contribution in [2.45, 2.75) is 32.2 Å². The van der Waals surface area contributed by atoms with Crippen LogP contribution in [0.4, 0.5) is 0 Å². The van der Waals surface area contributed by atoms with Gasteiger partial charge in [0.2, 0.25) is 0 Å². The molecule has 0 fully saturated rings. The van der Waals surface area contributed by atoms with Gasteiger partial charge < -0.3 is 9.55 Å². The largest absolute Gasteiger partial charge is 0.346 e. The summed E-state index contributed by atoms with van der Waals surface area (Å²) in [6, 6.07) is 4.16. The van der Waals surface area contributed by atoms with Crippen molar-refractivity contribution in [2.75, 3.05) is 0 Å². The van der Waals surface area contributed by atoms with Crippen molar-refractivity contribution >= 4 is 11.0 Å². The molecule has 0 bridgehead atoms. The van der Waals surface area contributed by atoms with Crippen LogP contribution in [0.15, 0.2) is 24.5 Å². The highest BCUT2D eigenvalue weighted by Crippen LogP contribution is 2.24. The lowest BCUT2D eigenvalue weighted by Crippen LogP contribution is -2.03. The van der Waals surface area contributed by atoms with E-state index in [0.717, 1.165) is 41.2 Å². The van der Waals surface area contributed by atoms with E-state index in [4.69, 9.17) is 0 Å². The highest BCUT2D eigenvalue weighted by Gasteiger charge is 2.16. The fourth-order valence-electron chi connectivity index (χ4n) is 2.76. The van der Waals surface area contributed by atoms with Gasteiger partial charge in [0.05, 0.1) is 0 Å². The van der Waals surface area contributed by atoms with Crippen molar-refractivity contribution in [3.8, 4) is 11.4 Å². The SMILES string of the molecule is c1cc2cc(-c3nnc4n3CCCCC4)cnc2[nH]1. The molecule has 0 atom stereocenters. The summed E-state index contributed by atoms with van der Waals surface area (Å²) < 4.78 is 2.25. The topological polar surface area (TPSA) is 59.4 Å². The number of H-pyrrole nitrogens is 1. The van der Waals surface area contributed by atoms with E-state index in [1.807, 2.05) is 18.5 Å². The third kappa shape index (κ3) is 1.73. The van der Waals surface area contributed by atoms with Gasteiger partial charge in [-0.2, -0.15) is 0 Å². The van der Waals surface area contributed by atoms with E-state index in [1.165, 1.54) is 19.3 Å². The van der Waals surface area contributed by atoms with Crippen LogP contribution in [0.1, 0.15) is 25.1 Å². The number of hydrogen-bond donors (Lipinski definition) is 1. The smallest absolute Gasteiger partial charge is 0.165 e. The van der Waals surface area contributed by atoms with Crippen molar-refractivity contribution in [1.29, 1.82) is 0 Å². The second-order valence-electron chi connectivity index (χ2n) is 5.04. The maximum Gasteiger partial charge on any atom is 0.165 e. The maximum atomic E-state index is 4.43. The first-order chi connectivity index (χ1) is 9.42.